The molecular formula is C16H24N2O4. The predicted molar refractivity (Wildman–Crippen MR) is 83.5 cm³/mol. The van der Waals surface area contributed by atoms with Gasteiger partial charge >= 0.3 is 12.1 Å². The van der Waals surface area contributed by atoms with E-state index in [1.54, 1.807) is 39.8 Å². The zero-order valence-electron chi connectivity index (χ0n) is 13.6. The average Bonchev–Trinajstić information content (AvgIpc) is 2.42. The quantitative estimate of drug-likeness (QED) is 0.479. The van der Waals surface area contributed by atoms with Crippen molar-refractivity contribution in [3.63, 3.8) is 0 Å². The van der Waals surface area contributed by atoms with Crippen LogP contribution in [-0.2, 0) is 15.9 Å². The van der Waals surface area contributed by atoms with Crippen molar-refractivity contribution in [3.8, 4) is 0 Å². The van der Waals surface area contributed by atoms with Crippen LogP contribution in [0.2, 0.25) is 0 Å². The van der Waals surface area contributed by atoms with Gasteiger partial charge in [0, 0.05) is 6.54 Å². The molecule has 1 aromatic carbocycles. The molecule has 0 spiro atoms. The molecule has 1 aromatic rings. The van der Waals surface area contributed by atoms with Crippen LogP contribution >= 0.6 is 0 Å². The molecule has 0 aliphatic heterocycles. The summed E-state index contributed by atoms with van der Waals surface area (Å²) in [7, 11) is 0. The van der Waals surface area contributed by atoms with E-state index in [1.165, 1.54) is 0 Å². The summed E-state index contributed by atoms with van der Waals surface area (Å²) in [6.07, 6.45) is 0.198. The maximum atomic E-state index is 11.5. The SMILES string of the molecule is CCOC(=O)c1ccc(CCNNC(=O)OC(C)(C)C)cc1. The molecule has 0 saturated carbocycles. The van der Waals surface area contributed by atoms with Crippen LogP contribution in [0.25, 0.3) is 0 Å². The van der Waals surface area contributed by atoms with Crippen molar-refractivity contribution in [1.82, 2.24) is 10.9 Å². The molecule has 0 aromatic heterocycles. The summed E-state index contributed by atoms with van der Waals surface area (Å²) in [5, 5.41) is 0. The normalized spacial score (nSPS) is 10.9. The van der Waals surface area contributed by atoms with Crippen molar-refractivity contribution in [2.75, 3.05) is 13.2 Å². The second-order valence-electron chi connectivity index (χ2n) is 5.72. The fourth-order valence-corrected chi connectivity index (χ4v) is 1.67. The summed E-state index contributed by atoms with van der Waals surface area (Å²) in [5.74, 6) is -0.321. The van der Waals surface area contributed by atoms with E-state index in [0.717, 1.165) is 5.56 Å². The van der Waals surface area contributed by atoms with Gasteiger partial charge in [-0.1, -0.05) is 12.1 Å². The molecule has 6 nitrogen and oxygen atoms in total. The van der Waals surface area contributed by atoms with E-state index in [-0.39, 0.29) is 5.97 Å². The number of ether oxygens (including phenoxy) is 2. The largest absolute Gasteiger partial charge is 0.462 e. The molecule has 0 saturated heterocycles. The standard InChI is InChI=1S/C16H24N2O4/c1-5-21-14(19)13-8-6-12(7-9-13)10-11-17-18-15(20)22-16(2,3)4/h6-9,17H,5,10-11H2,1-4H3,(H,18,20). The van der Waals surface area contributed by atoms with Crippen LogP contribution in [0.5, 0.6) is 0 Å². The maximum absolute atomic E-state index is 11.5. The topological polar surface area (TPSA) is 76.7 Å². The predicted octanol–water partition coefficient (Wildman–Crippen LogP) is 2.44. The van der Waals surface area contributed by atoms with Gasteiger partial charge in [0.05, 0.1) is 12.2 Å². The van der Waals surface area contributed by atoms with E-state index in [9.17, 15) is 9.59 Å². The fourth-order valence-electron chi connectivity index (χ4n) is 1.67. The zero-order chi connectivity index (χ0) is 16.6. The second-order valence-corrected chi connectivity index (χ2v) is 5.72. The number of benzene rings is 1. The molecule has 2 N–H and O–H groups in total. The molecule has 0 atom stereocenters. The third kappa shape index (κ3) is 7.08. The van der Waals surface area contributed by atoms with Crippen molar-refractivity contribution in [3.05, 3.63) is 35.4 Å². The molecule has 6 heteroatoms. The third-order valence-corrected chi connectivity index (χ3v) is 2.59. The van der Waals surface area contributed by atoms with E-state index in [0.29, 0.717) is 25.1 Å². The molecule has 0 aliphatic carbocycles. The number of nitrogens with one attached hydrogen (secondary N) is 2. The van der Waals surface area contributed by atoms with Crippen LogP contribution in [0.1, 0.15) is 43.6 Å². The van der Waals surface area contributed by atoms with Gasteiger partial charge in [0.15, 0.2) is 0 Å². The molecule has 1 rings (SSSR count). The summed E-state index contributed by atoms with van der Waals surface area (Å²) < 4.78 is 10.0. The number of amides is 1. The first-order valence-corrected chi connectivity index (χ1v) is 7.29. The maximum Gasteiger partial charge on any atom is 0.422 e. The highest BCUT2D eigenvalue weighted by Crippen LogP contribution is 2.07. The number of hydrazine groups is 1. The fraction of sp³-hybridized carbons (Fsp3) is 0.500. The Balaban J connectivity index is 2.31. The number of carbonyl (C=O) groups is 2. The zero-order valence-corrected chi connectivity index (χ0v) is 13.6. The highest BCUT2D eigenvalue weighted by Gasteiger charge is 2.15. The van der Waals surface area contributed by atoms with E-state index in [2.05, 4.69) is 10.9 Å². The first-order chi connectivity index (χ1) is 10.3. The van der Waals surface area contributed by atoms with Gasteiger partial charge in [-0.2, -0.15) is 0 Å². The molecular weight excluding hydrogens is 284 g/mol. The molecule has 0 unspecified atom stereocenters. The number of esters is 1. The number of rotatable bonds is 6. The lowest BCUT2D eigenvalue weighted by Gasteiger charge is -2.19. The van der Waals surface area contributed by atoms with Gasteiger partial charge in [-0.3, -0.25) is 5.43 Å². The summed E-state index contributed by atoms with van der Waals surface area (Å²) >= 11 is 0. The van der Waals surface area contributed by atoms with Crippen LogP contribution in [0.3, 0.4) is 0 Å². The van der Waals surface area contributed by atoms with Crippen molar-refractivity contribution >= 4 is 12.1 Å². The highest BCUT2D eigenvalue weighted by molar-refractivity contribution is 5.89. The molecule has 122 valence electrons. The smallest absolute Gasteiger partial charge is 0.422 e. The Hall–Kier alpha value is -2.08. The van der Waals surface area contributed by atoms with Gasteiger partial charge in [-0.05, 0) is 51.8 Å². The van der Waals surface area contributed by atoms with E-state index < -0.39 is 11.7 Å². The lowest BCUT2D eigenvalue weighted by Crippen LogP contribution is -2.41. The molecule has 0 fully saturated rings. The molecule has 0 radical (unpaired) electrons. The van der Waals surface area contributed by atoms with Gasteiger partial charge in [0.1, 0.15) is 5.60 Å². The monoisotopic (exact) mass is 308 g/mol. The Morgan fingerprint density at radius 3 is 2.32 bits per heavy atom. The van der Waals surface area contributed by atoms with Gasteiger partial charge < -0.3 is 9.47 Å². The van der Waals surface area contributed by atoms with Crippen molar-refractivity contribution in [2.24, 2.45) is 0 Å². The Morgan fingerprint density at radius 1 is 1.14 bits per heavy atom. The number of carbonyl (C=O) groups excluding carboxylic acids is 2. The van der Waals surface area contributed by atoms with Crippen LogP contribution in [0.15, 0.2) is 24.3 Å². The number of hydrogen-bond acceptors (Lipinski definition) is 5. The minimum absolute atomic E-state index is 0.321. The Kier molecular flexibility index (Phi) is 6.85. The van der Waals surface area contributed by atoms with Crippen molar-refractivity contribution in [1.29, 1.82) is 0 Å². The van der Waals surface area contributed by atoms with Crippen LogP contribution < -0.4 is 10.9 Å². The molecule has 1 amide bonds. The summed E-state index contributed by atoms with van der Waals surface area (Å²) in [4.78, 5) is 22.9. The Labute approximate surface area is 131 Å². The second kappa shape index (κ2) is 8.38. The van der Waals surface area contributed by atoms with E-state index in [1.807, 2.05) is 12.1 Å². The van der Waals surface area contributed by atoms with Gasteiger partial charge in [-0.15, -0.1) is 0 Å². The third-order valence-electron chi connectivity index (χ3n) is 2.59. The Morgan fingerprint density at radius 2 is 1.77 bits per heavy atom. The highest BCUT2D eigenvalue weighted by atomic mass is 16.6. The first-order valence-electron chi connectivity index (χ1n) is 7.29. The number of hydrogen-bond donors (Lipinski definition) is 2. The van der Waals surface area contributed by atoms with Gasteiger partial charge in [-0.25, -0.2) is 15.0 Å². The van der Waals surface area contributed by atoms with Crippen molar-refractivity contribution in [2.45, 2.75) is 39.7 Å². The average molecular weight is 308 g/mol. The summed E-state index contributed by atoms with van der Waals surface area (Å²) in [5.41, 5.74) is 6.33. The van der Waals surface area contributed by atoms with Crippen molar-refractivity contribution < 1.29 is 19.1 Å². The van der Waals surface area contributed by atoms with E-state index >= 15 is 0 Å². The minimum atomic E-state index is -0.519. The van der Waals surface area contributed by atoms with E-state index in [4.69, 9.17) is 9.47 Å². The molecule has 0 bridgehead atoms. The molecule has 22 heavy (non-hydrogen) atoms. The van der Waals surface area contributed by atoms with Gasteiger partial charge in [0.25, 0.3) is 0 Å². The Bertz CT molecular complexity index is 492. The summed E-state index contributed by atoms with van der Waals surface area (Å²) in [6.45, 7) is 8.10. The first kappa shape index (κ1) is 18.0. The lowest BCUT2D eigenvalue weighted by atomic mass is 10.1. The van der Waals surface area contributed by atoms with Gasteiger partial charge in [0.2, 0.25) is 0 Å². The minimum Gasteiger partial charge on any atom is -0.462 e. The van der Waals surface area contributed by atoms with Crippen LogP contribution in [-0.4, -0.2) is 30.8 Å². The molecule has 0 heterocycles. The van der Waals surface area contributed by atoms with Crippen LogP contribution in [0.4, 0.5) is 4.79 Å². The summed E-state index contributed by atoms with van der Waals surface area (Å²) in [6, 6.07) is 7.19. The van der Waals surface area contributed by atoms with Crippen LogP contribution in [0, 0.1) is 0 Å². The molecule has 0 aliphatic rings. The lowest BCUT2D eigenvalue weighted by molar-refractivity contribution is 0.0495.